The molecule has 7 aliphatic heterocycles. The van der Waals surface area contributed by atoms with E-state index in [4.69, 9.17) is 80.9 Å². The SMILES string of the molecule is C.C.CCCO[C@H]1[C@H](OC2CCCCO2)[C@@H](COC2CCCCO2)O[C@H]1n1cc(C)c(=O)n(C(=O)OC(C)(C)C)c1=O.Cc1cn([C@@H]2O[C@H](CO)[C@@H](O)[C@@H]2OCC[18F])c(=O)[nH]c1=O.Cc1cn([C@@H]2O[C@H](COC3CCCCO3)[C@@H](OC3CCCCO3)[C@@H]2OCC[18F])c(=O)n(C(=O)OC(C)(C)C)c1=O.Cl. The van der Waals surface area contributed by atoms with E-state index in [0.717, 1.165) is 86.2 Å². The first kappa shape index (κ1) is 89.1. The molecule has 3 aromatic heterocycles. The van der Waals surface area contributed by atoms with Gasteiger partial charge in [-0.2, -0.15) is 9.13 Å². The first-order valence-electron chi connectivity index (χ1n) is 34.9. The summed E-state index contributed by atoms with van der Waals surface area (Å²) in [6.45, 7) is 16.7. The highest BCUT2D eigenvalue weighted by Gasteiger charge is 2.52. The van der Waals surface area contributed by atoms with E-state index in [0.29, 0.717) is 48.6 Å². The van der Waals surface area contributed by atoms with Gasteiger partial charge in [0.15, 0.2) is 43.8 Å². The van der Waals surface area contributed by atoms with Gasteiger partial charge in [-0.1, -0.05) is 21.8 Å². The van der Waals surface area contributed by atoms with Gasteiger partial charge in [-0.3, -0.25) is 33.1 Å². The predicted octanol–water partition coefficient (Wildman–Crippen LogP) is 6.20. The monoisotopic (exact) mass is 1510 g/mol. The molecule has 35 heteroatoms. The molecule has 10 rings (SSSR count). The number of halogens is 3. The number of H-pyrrole nitrogens is 1. The van der Waals surface area contributed by atoms with Crippen LogP contribution in [0.4, 0.5) is 18.4 Å². The Bertz CT molecular complexity index is 3340. The van der Waals surface area contributed by atoms with Gasteiger partial charge >= 0.3 is 29.3 Å². The number of aromatic nitrogens is 6. The van der Waals surface area contributed by atoms with E-state index in [2.05, 4.69) is 4.98 Å². The molecule has 104 heavy (non-hydrogen) atoms. The van der Waals surface area contributed by atoms with Crippen molar-refractivity contribution in [3.8, 4) is 0 Å². The molecule has 7 saturated heterocycles. The number of aliphatic hydroxyl groups is 2. The van der Waals surface area contributed by atoms with Gasteiger partial charge in [-0.15, -0.1) is 12.4 Å². The van der Waals surface area contributed by atoms with Crippen LogP contribution >= 0.6 is 12.4 Å². The third-order valence-electron chi connectivity index (χ3n) is 17.1. The smallest absolute Gasteiger partial charge is 0.425 e. The molecule has 0 spiro atoms. The molecule has 7 fully saturated rings. The number of hydrogen-bond donors (Lipinski definition) is 3. The van der Waals surface area contributed by atoms with Crippen LogP contribution in [0.1, 0.15) is 182 Å². The minimum atomic E-state index is -1.22. The summed E-state index contributed by atoms with van der Waals surface area (Å²) >= 11 is 0. The first-order valence-corrected chi connectivity index (χ1v) is 34.9. The highest BCUT2D eigenvalue weighted by Crippen LogP contribution is 2.38. The fraction of sp³-hybridized carbons (Fsp3) is 0.797. The molecular formula is C69H111ClF2N6O26. The van der Waals surface area contributed by atoms with Crippen molar-refractivity contribution in [3.63, 3.8) is 0 Å². The highest BCUT2D eigenvalue weighted by atomic mass is 35.5. The summed E-state index contributed by atoms with van der Waals surface area (Å²) in [7, 11) is 0. The van der Waals surface area contributed by atoms with Crippen molar-refractivity contribution in [1.82, 2.24) is 27.8 Å². The zero-order valence-electron chi connectivity index (χ0n) is 59.7. The fourth-order valence-corrected chi connectivity index (χ4v) is 12.3. The maximum absolute atomic E-state index is 13.7. The van der Waals surface area contributed by atoms with E-state index < -0.39 is 170 Å². The number of ether oxygens (including phenoxy) is 16. The second kappa shape index (κ2) is 41.7. The molecule has 0 bridgehead atoms. The average molecular weight is 1510 g/mol. The second-order valence-corrected chi connectivity index (χ2v) is 27.5. The Balaban J connectivity index is 0.000000290. The number of hydrogen-bond acceptors (Lipinski definition) is 26. The lowest BCUT2D eigenvalue weighted by Gasteiger charge is -2.31. The highest BCUT2D eigenvalue weighted by molar-refractivity contribution is 5.85. The molecule has 3 aromatic rings. The number of carbonyl (C=O) groups is 2. The minimum Gasteiger partial charge on any atom is -0.443 e. The van der Waals surface area contributed by atoms with Crippen LogP contribution in [0.3, 0.4) is 0 Å². The third-order valence-corrected chi connectivity index (χ3v) is 17.1. The zero-order chi connectivity index (χ0) is 73.3. The summed E-state index contributed by atoms with van der Waals surface area (Å²) in [5.74, 6) is 0. The van der Waals surface area contributed by atoms with Crippen LogP contribution in [0.2, 0.25) is 0 Å². The molecule has 16 atom stereocenters. The van der Waals surface area contributed by atoms with Crippen molar-refractivity contribution < 1.29 is 104 Å². The average Bonchev–Trinajstić information content (AvgIpc) is 1.58. The third kappa shape index (κ3) is 23.7. The van der Waals surface area contributed by atoms with Gasteiger partial charge in [0, 0.05) is 68.3 Å². The topological polar surface area (TPSA) is 365 Å². The molecule has 0 amide bonds. The predicted molar refractivity (Wildman–Crippen MR) is 372 cm³/mol. The molecule has 10 heterocycles. The summed E-state index contributed by atoms with van der Waals surface area (Å²) in [6.07, 6.45) is 0.359. The van der Waals surface area contributed by atoms with E-state index in [1.54, 1.807) is 41.5 Å². The molecule has 7 aliphatic rings. The Morgan fingerprint density at radius 3 is 1.25 bits per heavy atom. The van der Waals surface area contributed by atoms with E-state index >= 15 is 0 Å². The maximum atomic E-state index is 13.7. The van der Waals surface area contributed by atoms with Crippen LogP contribution in [0.25, 0.3) is 0 Å². The number of aryl methyl sites for hydroxylation is 3. The van der Waals surface area contributed by atoms with Crippen LogP contribution in [-0.2, 0) is 75.8 Å². The van der Waals surface area contributed by atoms with E-state index in [9.17, 15) is 52.2 Å². The fourth-order valence-electron chi connectivity index (χ4n) is 12.3. The van der Waals surface area contributed by atoms with Crippen LogP contribution in [0.5, 0.6) is 0 Å². The number of aliphatic hydroxyl groups excluding tert-OH is 2. The van der Waals surface area contributed by atoms with Crippen molar-refractivity contribution in [3.05, 3.63) is 97.8 Å². The van der Waals surface area contributed by atoms with Gasteiger partial charge in [0.1, 0.15) is 79.5 Å². The number of rotatable bonds is 23. The van der Waals surface area contributed by atoms with E-state index in [1.165, 1.54) is 43.9 Å². The Labute approximate surface area is 609 Å². The molecule has 0 aliphatic carbocycles. The molecule has 3 N–H and O–H groups in total. The number of nitrogens with zero attached hydrogens (tertiary/aromatic N) is 5. The summed E-state index contributed by atoms with van der Waals surface area (Å²) in [5.41, 5.74) is -6.02. The Morgan fingerprint density at radius 2 is 0.885 bits per heavy atom. The normalized spacial score (nSPS) is 28.5. The number of carbonyl (C=O) groups excluding carboxylic acids is 2. The van der Waals surface area contributed by atoms with E-state index in [-0.39, 0.29) is 76.7 Å². The summed E-state index contributed by atoms with van der Waals surface area (Å²) in [6, 6.07) is 0. The van der Waals surface area contributed by atoms with Gasteiger partial charge in [0.25, 0.3) is 16.7 Å². The molecule has 32 nitrogen and oxygen atoms in total. The lowest BCUT2D eigenvalue weighted by atomic mass is 10.1. The van der Waals surface area contributed by atoms with E-state index in [1.807, 2.05) is 6.92 Å². The Hall–Kier alpha value is -5.51. The first-order chi connectivity index (χ1) is 48.2. The lowest BCUT2D eigenvalue weighted by molar-refractivity contribution is -0.225. The molecule has 594 valence electrons. The van der Waals surface area contributed by atoms with Crippen LogP contribution in [0.15, 0.2) is 47.4 Å². The second-order valence-electron chi connectivity index (χ2n) is 27.5. The van der Waals surface area contributed by atoms with Crippen LogP contribution in [0, 0.1) is 20.8 Å². The standard InChI is InChI=1S/C28H44N2O10.C27H41FN2O10.C12H17FN2O6.2CH4.ClH/c1-6-13-36-23-22(39-21-12-8-10-15-35-21)19(17-37-20-11-7-9-14-34-20)38-25(23)29-16-18(2)24(31)30(26(29)32)27(33)40-28(3,4)5;1-17-15-29(25(32)30(23(17)31)26(33)40-27(2,3)4)24-22(36-14-11-28)21(39-20-10-6-8-13-35-20)18(38-24)16-37-19-9-5-7-12-34-19;1-6-4-15(12(19)14-10(6)18)11-9(20-3-2-13)8(17)7(5-16)21-11;;;/h16,19-23,25H,6-15,17H2,1-5H3;15,18-22,24H,5-14,16H2,1-4H3;4,7-9,11,16-17H,2-3,5H2,1H3,(H,14,18,19);2*1H4;1H/t19-,20?,21?,22-,23+,25-;18-,19?,20?,21-,22+,24-;7-,8-,9+,11-;;;/m111.../s1/i;28-1;13-1;;;. The lowest BCUT2D eigenvalue weighted by Crippen LogP contribution is -2.49. The number of nitrogens with one attached hydrogen (secondary N) is 1. The Kier molecular flexibility index (Phi) is 35.8. The summed E-state index contributed by atoms with van der Waals surface area (Å²) < 4.78 is 124. The number of alkyl halides is 2. The van der Waals surface area contributed by atoms with Crippen molar-refractivity contribution >= 4 is 24.6 Å². The van der Waals surface area contributed by atoms with Gasteiger partial charge in [-0.05, 0) is 146 Å². The number of aromatic amines is 1. The van der Waals surface area contributed by atoms with Crippen LogP contribution in [-0.4, -0.2) is 221 Å². The molecular weight excluding hydrogens is 1400 g/mol. The maximum Gasteiger partial charge on any atom is 0.425 e. The van der Waals surface area contributed by atoms with Crippen LogP contribution < -0.4 is 33.7 Å². The van der Waals surface area contributed by atoms with Gasteiger partial charge in [0.2, 0.25) is 0 Å². The minimum absolute atomic E-state index is 0. The Morgan fingerprint density at radius 1 is 0.519 bits per heavy atom. The molecule has 0 saturated carbocycles. The molecule has 0 radical (unpaired) electrons. The van der Waals surface area contributed by atoms with Crippen molar-refractivity contribution in [2.24, 2.45) is 0 Å². The molecule has 0 aromatic carbocycles. The van der Waals surface area contributed by atoms with Gasteiger partial charge in [-0.25, -0.2) is 32.8 Å². The van der Waals surface area contributed by atoms with Gasteiger partial charge < -0.3 is 86.0 Å². The summed E-state index contributed by atoms with van der Waals surface area (Å²) in [4.78, 5) is 104. The quantitative estimate of drug-likeness (QED) is 0.0950. The largest absolute Gasteiger partial charge is 0.443 e. The molecule has 4 unspecified atom stereocenters. The summed E-state index contributed by atoms with van der Waals surface area (Å²) in [5, 5.41) is 19.2. The van der Waals surface area contributed by atoms with Gasteiger partial charge in [0.05, 0.1) is 33.0 Å². The zero-order valence-corrected chi connectivity index (χ0v) is 60.6. The van der Waals surface area contributed by atoms with Crippen molar-refractivity contribution in [2.45, 2.75) is 278 Å². The van der Waals surface area contributed by atoms with Crippen molar-refractivity contribution in [2.75, 3.05) is 79.4 Å². The van der Waals surface area contributed by atoms with Crippen molar-refractivity contribution in [1.29, 1.82) is 0 Å².